The molecule has 0 bridgehead atoms. The highest BCUT2D eigenvalue weighted by Crippen LogP contribution is 2.31. The van der Waals surface area contributed by atoms with E-state index in [1.165, 1.54) is 0 Å². The van der Waals surface area contributed by atoms with Gasteiger partial charge in [-0.15, -0.1) is 0 Å². The number of para-hydroxylation sites is 2. The highest BCUT2D eigenvalue weighted by Gasteiger charge is 2.37. The van der Waals surface area contributed by atoms with Gasteiger partial charge in [-0.25, -0.2) is 4.98 Å². The first-order valence-corrected chi connectivity index (χ1v) is 7.30. The first-order chi connectivity index (χ1) is 10.7. The smallest absolute Gasteiger partial charge is 0.147 e. The normalized spacial score (nSPS) is 22.1. The number of piperidine rings is 1. The number of rotatable bonds is 2. The minimum absolute atomic E-state index is 0.437. The third kappa shape index (κ3) is 2.19. The molecule has 1 saturated heterocycles. The fraction of sp³-hybridized carbons (Fsp3) is 0.333. The molecule has 7 nitrogen and oxygen atoms in total. The van der Waals surface area contributed by atoms with Crippen LogP contribution in [0.3, 0.4) is 0 Å². The predicted molar refractivity (Wildman–Crippen MR) is 81.3 cm³/mol. The van der Waals surface area contributed by atoms with Gasteiger partial charge in [0.05, 0.1) is 30.0 Å². The van der Waals surface area contributed by atoms with E-state index in [0.717, 1.165) is 29.8 Å². The molecule has 4 rings (SSSR count). The predicted octanol–water partition coefficient (Wildman–Crippen LogP) is 1.24. The Bertz CT molecular complexity index is 790. The molecule has 0 saturated carbocycles. The van der Waals surface area contributed by atoms with Crippen LogP contribution < -0.4 is 4.90 Å². The molecule has 1 aliphatic rings. The Morgan fingerprint density at radius 2 is 2.05 bits per heavy atom. The number of hydrogen-bond donors (Lipinski definition) is 2. The van der Waals surface area contributed by atoms with Gasteiger partial charge in [0.25, 0.3) is 0 Å². The Labute approximate surface area is 127 Å². The molecule has 22 heavy (non-hydrogen) atoms. The van der Waals surface area contributed by atoms with E-state index in [4.69, 9.17) is 0 Å². The van der Waals surface area contributed by atoms with Crippen LogP contribution in [0.1, 0.15) is 18.5 Å². The van der Waals surface area contributed by atoms with Crippen LogP contribution in [0.15, 0.2) is 36.7 Å². The molecule has 112 valence electrons. The van der Waals surface area contributed by atoms with E-state index in [1.54, 1.807) is 12.4 Å². The number of aromatic amines is 1. The van der Waals surface area contributed by atoms with Crippen molar-refractivity contribution >= 4 is 16.9 Å². The zero-order valence-electron chi connectivity index (χ0n) is 12.0. The van der Waals surface area contributed by atoms with E-state index in [9.17, 15) is 5.11 Å². The maximum Gasteiger partial charge on any atom is 0.147 e. The molecule has 1 atom stereocenters. The second kappa shape index (κ2) is 5.03. The lowest BCUT2D eigenvalue weighted by atomic mass is 9.90. The number of aromatic nitrogens is 5. The molecule has 1 aromatic carbocycles. The van der Waals surface area contributed by atoms with Gasteiger partial charge in [-0.3, -0.25) is 4.98 Å². The highest BCUT2D eigenvalue weighted by molar-refractivity contribution is 5.75. The number of nitrogens with zero attached hydrogens (tertiary/aromatic N) is 5. The largest absolute Gasteiger partial charge is 0.382 e. The summed E-state index contributed by atoms with van der Waals surface area (Å²) in [6.45, 7) is 1.28. The molecule has 7 heteroatoms. The van der Waals surface area contributed by atoms with Gasteiger partial charge in [-0.2, -0.15) is 15.4 Å². The molecule has 2 aromatic heterocycles. The molecule has 1 aliphatic heterocycles. The van der Waals surface area contributed by atoms with E-state index in [0.29, 0.717) is 18.7 Å². The zero-order chi connectivity index (χ0) is 15.0. The van der Waals surface area contributed by atoms with Gasteiger partial charge < -0.3 is 10.0 Å². The van der Waals surface area contributed by atoms with Crippen molar-refractivity contribution < 1.29 is 5.11 Å². The number of nitrogens with one attached hydrogen (secondary N) is 1. The van der Waals surface area contributed by atoms with Crippen LogP contribution in [-0.4, -0.2) is 43.6 Å². The number of fused-ring (bicyclic) bond motifs is 1. The van der Waals surface area contributed by atoms with Gasteiger partial charge in [-0.1, -0.05) is 12.1 Å². The second-order valence-electron chi connectivity index (χ2n) is 5.63. The lowest BCUT2D eigenvalue weighted by Gasteiger charge is -2.38. The van der Waals surface area contributed by atoms with E-state index in [2.05, 4.69) is 30.3 Å². The van der Waals surface area contributed by atoms with Crippen molar-refractivity contribution in [1.82, 2.24) is 25.4 Å². The fourth-order valence-corrected chi connectivity index (χ4v) is 2.97. The van der Waals surface area contributed by atoms with Crippen LogP contribution in [0.25, 0.3) is 11.0 Å². The van der Waals surface area contributed by atoms with Crippen LogP contribution in [0.5, 0.6) is 0 Å². The minimum Gasteiger partial charge on any atom is -0.382 e. The van der Waals surface area contributed by atoms with E-state index in [1.807, 2.05) is 24.3 Å². The summed E-state index contributed by atoms with van der Waals surface area (Å²) in [6.07, 6.45) is 4.86. The van der Waals surface area contributed by atoms with Crippen molar-refractivity contribution in [2.24, 2.45) is 0 Å². The fourth-order valence-electron chi connectivity index (χ4n) is 2.97. The molecule has 0 unspecified atom stereocenters. The monoisotopic (exact) mass is 296 g/mol. The average molecular weight is 296 g/mol. The first kappa shape index (κ1) is 13.1. The van der Waals surface area contributed by atoms with Gasteiger partial charge in [0.15, 0.2) is 0 Å². The Morgan fingerprint density at radius 3 is 2.86 bits per heavy atom. The zero-order valence-corrected chi connectivity index (χ0v) is 12.0. The molecular weight excluding hydrogens is 280 g/mol. The van der Waals surface area contributed by atoms with Gasteiger partial charge >= 0.3 is 0 Å². The lowest BCUT2D eigenvalue weighted by Crippen LogP contribution is -2.46. The van der Waals surface area contributed by atoms with Crippen molar-refractivity contribution in [3.8, 4) is 0 Å². The lowest BCUT2D eigenvalue weighted by molar-refractivity contribution is 0.0175. The summed E-state index contributed by atoms with van der Waals surface area (Å²) < 4.78 is 0. The standard InChI is InChI=1S/C15H16N6O/c22-15(13-8-17-20-19-13)6-3-7-21(10-15)14-9-16-11-4-1-2-5-12(11)18-14/h1-2,4-5,8-9,22H,3,6-7,10H2,(H,17,19,20)/t15-/m1/s1. The van der Waals surface area contributed by atoms with Gasteiger partial charge in [0.1, 0.15) is 17.1 Å². The molecule has 1 fully saturated rings. The Morgan fingerprint density at radius 1 is 1.18 bits per heavy atom. The van der Waals surface area contributed by atoms with Crippen molar-refractivity contribution in [1.29, 1.82) is 0 Å². The van der Waals surface area contributed by atoms with Crippen LogP contribution in [0.4, 0.5) is 5.82 Å². The van der Waals surface area contributed by atoms with E-state index < -0.39 is 5.60 Å². The summed E-state index contributed by atoms with van der Waals surface area (Å²) in [6, 6.07) is 7.78. The number of H-pyrrole nitrogens is 1. The Hall–Kier alpha value is -2.54. The summed E-state index contributed by atoms with van der Waals surface area (Å²) in [7, 11) is 0. The van der Waals surface area contributed by atoms with Crippen molar-refractivity contribution in [3.05, 3.63) is 42.4 Å². The Balaban J connectivity index is 1.66. The van der Waals surface area contributed by atoms with Crippen LogP contribution >= 0.6 is 0 Å². The SMILES string of the molecule is O[C@]1(c2cn[nH]n2)CCCN(c2cnc3ccccc3n2)C1. The maximum absolute atomic E-state index is 10.9. The molecule has 3 aromatic rings. The third-order valence-corrected chi connectivity index (χ3v) is 4.12. The number of hydrogen-bond acceptors (Lipinski definition) is 6. The quantitative estimate of drug-likeness (QED) is 0.739. The topological polar surface area (TPSA) is 90.8 Å². The number of β-amino-alcohol motifs (C(OH)–C–C–N with tert-alkyl or cyclic N) is 1. The van der Waals surface area contributed by atoms with Gasteiger partial charge in [-0.05, 0) is 25.0 Å². The number of aliphatic hydroxyl groups is 1. The maximum atomic E-state index is 10.9. The second-order valence-corrected chi connectivity index (χ2v) is 5.63. The summed E-state index contributed by atoms with van der Waals surface area (Å²) in [4.78, 5) is 11.2. The Kier molecular flexibility index (Phi) is 3.00. The molecule has 2 N–H and O–H groups in total. The van der Waals surface area contributed by atoms with Crippen LogP contribution in [-0.2, 0) is 5.60 Å². The minimum atomic E-state index is -1.00. The van der Waals surface area contributed by atoms with Crippen LogP contribution in [0, 0.1) is 0 Å². The molecule has 0 aliphatic carbocycles. The number of anilines is 1. The van der Waals surface area contributed by atoms with Crippen molar-refractivity contribution in [2.75, 3.05) is 18.0 Å². The molecular formula is C15H16N6O. The highest BCUT2D eigenvalue weighted by atomic mass is 16.3. The summed E-state index contributed by atoms with van der Waals surface area (Å²) >= 11 is 0. The average Bonchev–Trinajstić information content (AvgIpc) is 3.10. The molecule has 0 spiro atoms. The summed E-state index contributed by atoms with van der Waals surface area (Å²) in [5, 5.41) is 21.3. The summed E-state index contributed by atoms with van der Waals surface area (Å²) in [5.74, 6) is 0.778. The van der Waals surface area contributed by atoms with Crippen molar-refractivity contribution in [3.63, 3.8) is 0 Å². The van der Waals surface area contributed by atoms with E-state index in [-0.39, 0.29) is 0 Å². The first-order valence-electron chi connectivity index (χ1n) is 7.30. The molecule has 0 radical (unpaired) electrons. The third-order valence-electron chi connectivity index (χ3n) is 4.12. The number of benzene rings is 1. The van der Waals surface area contributed by atoms with Gasteiger partial charge in [0.2, 0.25) is 0 Å². The summed E-state index contributed by atoms with van der Waals surface area (Å²) in [5.41, 5.74) is 1.30. The molecule has 0 amide bonds. The van der Waals surface area contributed by atoms with Crippen LogP contribution in [0.2, 0.25) is 0 Å². The molecule has 3 heterocycles. The van der Waals surface area contributed by atoms with Crippen molar-refractivity contribution in [2.45, 2.75) is 18.4 Å². The van der Waals surface area contributed by atoms with E-state index >= 15 is 0 Å². The van der Waals surface area contributed by atoms with Gasteiger partial charge in [0, 0.05) is 6.54 Å².